The highest BCUT2D eigenvalue weighted by atomic mass is 35.5. The number of methoxy groups -OCH3 is 1. The number of benzene rings is 4. The fourth-order valence-electron chi connectivity index (χ4n) is 9.10. The number of imide groups is 2. The number of nitro benzene ring substituents is 1. The number of anilines is 2. The Balaban J connectivity index is 1.33. The van der Waals surface area contributed by atoms with Gasteiger partial charge >= 0.3 is 0 Å². The molecule has 8 rings (SSSR count). The van der Waals surface area contributed by atoms with Crippen LogP contribution in [0.4, 0.5) is 17.1 Å². The molecule has 14 heteroatoms. The van der Waals surface area contributed by atoms with Crippen LogP contribution in [-0.2, 0) is 24.6 Å². The number of hydrazine groups is 1. The first kappa shape index (κ1) is 35.3. The van der Waals surface area contributed by atoms with E-state index in [1.807, 2.05) is 6.08 Å². The molecule has 1 saturated carbocycles. The largest absolute Gasteiger partial charge is 0.507 e. The minimum Gasteiger partial charge on any atom is -0.507 e. The van der Waals surface area contributed by atoms with E-state index >= 15 is 4.79 Å². The molecule has 0 bridgehead atoms. The van der Waals surface area contributed by atoms with Crippen molar-refractivity contribution in [3.05, 3.63) is 133 Å². The normalized spacial score (nSPS) is 25.9. The fourth-order valence-corrected chi connectivity index (χ4v) is 9.55. The molecule has 0 aromatic heterocycles. The van der Waals surface area contributed by atoms with Crippen LogP contribution in [0.3, 0.4) is 0 Å². The molecule has 4 aliphatic rings. The summed E-state index contributed by atoms with van der Waals surface area (Å²) in [5.41, 5.74) is 3.39. The third kappa shape index (κ3) is 5.11. The Morgan fingerprint density at radius 2 is 1.67 bits per heavy atom. The van der Waals surface area contributed by atoms with Crippen molar-refractivity contribution in [1.29, 1.82) is 0 Å². The number of nitro groups is 1. The zero-order chi connectivity index (χ0) is 38.2. The van der Waals surface area contributed by atoms with Crippen LogP contribution in [0.5, 0.6) is 11.5 Å². The van der Waals surface area contributed by atoms with E-state index < -0.39 is 63.6 Å². The number of aromatic hydroxyl groups is 1. The number of ether oxygens (including phenoxy) is 1. The van der Waals surface area contributed by atoms with Crippen LogP contribution in [0.2, 0.25) is 10.0 Å². The van der Waals surface area contributed by atoms with E-state index in [1.165, 1.54) is 37.4 Å². The zero-order valence-corrected chi connectivity index (χ0v) is 30.4. The summed E-state index contributed by atoms with van der Waals surface area (Å²) >= 11 is 12.7. The number of hydrogen-bond acceptors (Lipinski definition) is 9. The molecule has 54 heavy (non-hydrogen) atoms. The second-order valence-electron chi connectivity index (χ2n) is 14.0. The van der Waals surface area contributed by atoms with E-state index in [9.17, 15) is 29.6 Å². The molecule has 2 N–H and O–H groups in total. The maximum atomic E-state index is 15.4. The van der Waals surface area contributed by atoms with Crippen LogP contribution in [0.15, 0.2) is 96.6 Å². The molecule has 4 aromatic rings. The molecule has 4 amide bonds. The Morgan fingerprint density at radius 3 is 2.37 bits per heavy atom. The Kier molecular flexibility index (Phi) is 8.50. The summed E-state index contributed by atoms with van der Waals surface area (Å²) in [5, 5.41) is 24.9. The van der Waals surface area contributed by atoms with Crippen molar-refractivity contribution in [2.45, 2.75) is 31.1 Å². The van der Waals surface area contributed by atoms with Gasteiger partial charge in [0.05, 0.1) is 51.6 Å². The van der Waals surface area contributed by atoms with Gasteiger partial charge in [0.2, 0.25) is 11.8 Å². The molecule has 2 heterocycles. The van der Waals surface area contributed by atoms with Gasteiger partial charge in [-0.3, -0.25) is 34.7 Å². The molecule has 6 unspecified atom stereocenters. The van der Waals surface area contributed by atoms with Crippen LogP contribution in [0.25, 0.3) is 0 Å². The Labute approximate surface area is 319 Å². The van der Waals surface area contributed by atoms with Crippen molar-refractivity contribution in [3.8, 4) is 11.5 Å². The maximum absolute atomic E-state index is 15.4. The summed E-state index contributed by atoms with van der Waals surface area (Å²) in [4.78, 5) is 70.9. The lowest BCUT2D eigenvalue weighted by Gasteiger charge is -2.50. The molecule has 274 valence electrons. The summed E-state index contributed by atoms with van der Waals surface area (Å²) in [6, 6.07) is 22.0. The molecule has 4 aromatic carbocycles. The quantitative estimate of drug-likeness (QED) is 0.0865. The van der Waals surface area contributed by atoms with E-state index in [0.717, 1.165) is 9.91 Å². The number of rotatable bonds is 7. The molecule has 3 fully saturated rings. The predicted molar refractivity (Wildman–Crippen MR) is 199 cm³/mol. The van der Waals surface area contributed by atoms with Crippen LogP contribution in [0.1, 0.15) is 35.4 Å². The molecule has 12 nitrogen and oxygen atoms in total. The van der Waals surface area contributed by atoms with Crippen molar-refractivity contribution >= 4 is 63.9 Å². The highest BCUT2D eigenvalue weighted by Crippen LogP contribution is 2.65. The van der Waals surface area contributed by atoms with Gasteiger partial charge in [-0.1, -0.05) is 71.2 Å². The Bertz CT molecular complexity index is 2330. The minimum atomic E-state index is -1.65. The molecular weight excluding hydrogens is 735 g/mol. The molecule has 0 radical (unpaired) electrons. The minimum absolute atomic E-state index is 0.001000. The number of phenolic OH excluding ortho intramolecular Hbond substituents is 1. The Hall–Kier alpha value is -5.72. The lowest BCUT2D eigenvalue weighted by molar-refractivity contribution is -0.384. The number of hydrogen-bond donors (Lipinski definition) is 2. The lowest BCUT2D eigenvalue weighted by Crippen LogP contribution is -2.53. The Morgan fingerprint density at radius 1 is 0.926 bits per heavy atom. The smallest absolute Gasteiger partial charge is 0.271 e. The van der Waals surface area contributed by atoms with Crippen molar-refractivity contribution in [2.75, 3.05) is 17.4 Å². The van der Waals surface area contributed by atoms with Crippen LogP contribution >= 0.6 is 23.2 Å². The standard InChI is InChI=1S/C40H32Cl2N4O8/c1-20-5-3-8-28(35(20)47)34-26-14-15-27-33(38(50)44(36(27)48)23-6-4-7-24(18-23)46(52)53)29(26)19-30-37(49)45(43-32-16-11-22(41)17-31(32)42)39(51)40(30,34)21-9-12-25(54-2)13-10-21/h3-14,16-18,27,29-30,33-34,43,47H,15,19H2,1-2H3. The number of carbonyl (C=O) groups excluding carboxylic acids is 4. The highest BCUT2D eigenvalue weighted by Gasteiger charge is 2.70. The number of fused-ring (bicyclic) bond motifs is 4. The van der Waals surface area contributed by atoms with E-state index in [-0.39, 0.29) is 40.7 Å². The molecule has 2 aliphatic heterocycles. The average Bonchev–Trinajstić information content (AvgIpc) is 3.54. The van der Waals surface area contributed by atoms with Gasteiger partial charge in [0, 0.05) is 28.6 Å². The van der Waals surface area contributed by atoms with Crippen LogP contribution < -0.4 is 15.1 Å². The number of allylic oxidation sites excluding steroid dienone is 2. The monoisotopic (exact) mass is 766 g/mol. The van der Waals surface area contributed by atoms with Crippen molar-refractivity contribution < 1.29 is 33.9 Å². The first-order valence-electron chi connectivity index (χ1n) is 17.2. The number of aryl methyl sites for hydroxylation is 1. The van der Waals surface area contributed by atoms with Gasteiger partial charge in [0.25, 0.3) is 17.5 Å². The van der Waals surface area contributed by atoms with E-state index in [0.29, 0.717) is 33.0 Å². The summed E-state index contributed by atoms with van der Waals surface area (Å²) in [6.07, 6.45) is 2.00. The maximum Gasteiger partial charge on any atom is 0.271 e. The second kappa shape index (κ2) is 13.0. The highest BCUT2D eigenvalue weighted by molar-refractivity contribution is 6.36. The number of nitrogens with zero attached hydrogens (tertiary/aromatic N) is 3. The number of carbonyl (C=O) groups is 4. The summed E-state index contributed by atoms with van der Waals surface area (Å²) in [5.74, 6) is -6.37. The van der Waals surface area contributed by atoms with Crippen molar-refractivity contribution in [1.82, 2.24) is 5.01 Å². The fraction of sp³-hybridized carbons (Fsp3) is 0.250. The van der Waals surface area contributed by atoms with Gasteiger partial charge in [-0.25, -0.2) is 4.90 Å². The van der Waals surface area contributed by atoms with E-state index in [2.05, 4.69) is 5.43 Å². The third-order valence-corrected chi connectivity index (χ3v) is 12.0. The van der Waals surface area contributed by atoms with E-state index in [4.69, 9.17) is 27.9 Å². The molecule has 6 atom stereocenters. The van der Waals surface area contributed by atoms with Crippen LogP contribution in [0, 0.1) is 40.7 Å². The van der Waals surface area contributed by atoms with Gasteiger partial charge < -0.3 is 9.84 Å². The topological polar surface area (TPSA) is 159 Å². The third-order valence-electron chi connectivity index (χ3n) is 11.5. The number of non-ortho nitro benzene ring substituents is 1. The lowest BCUT2D eigenvalue weighted by atomic mass is 9.49. The number of amides is 4. The first-order valence-corrected chi connectivity index (χ1v) is 18.0. The first-order chi connectivity index (χ1) is 25.9. The predicted octanol–water partition coefficient (Wildman–Crippen LogP) is 7.11. The number of para-hydroxylation sites is 1. The molecule has 2 aliphatic carbocycles. The number of halogens is 2. The van der Waals surface area contributed by atoms with Crippen molar-refractivity contribution in [3.63, 3.8) is 0 Å². The van der Waals surface area contributed by atoms with Gasteiger partial charge in [0.15, 0.2) is 0 Å². The van der Waals surface area contributed by atoms with Gasteiger partial charge in [-0.05, 0) is 73.2 Å². The molecular formula is C40H32Cl2N4O8. The zero-order valence-electron chi connectivity index (χ0n) is 28.9. The van der Waals surface area contributed by atoms with Gasteiger partial charge in [0.1, 0.15) is 11.5 Å². The summed E-state index contributed by atoms with van der Waals surface area (Å²) in [7, 11) is 1.51. The molecule has 0 spiro atoms. The molecule has 2 saturated heterocycles. The van der Waals surface area contributed by atoms with E-state index in [1.54, 1.807) is 61.5 Å². The second-order valence-corrected chi connectivity index (χ2v) is 14.9. The average molecular weight is 768 g/mol. The van der Waals surface area contributed by atoms with Crippen molar-refractivity contribution in [2.24, 2.45) is 23.7 Å². The number of phenols is 1. The van der Waals surface area contributed by atoms with Gasteiger partial charge in [-0.2, -0.15) is 5.01 Å². The van der Waals surface area contributed by atoms with Crippen LogP contribution in [-0.4, -0.2) is 45.8 Å². The summed E-state index contributed by atoms with van der Waals surface area (Å²) < 4.78 is 5.44. The number of nitrogens with one attached hydrogen (secondary N) is 1. The summed E-state index contributed by atoms with van der Waals surface area (Å²) in [6.45, 7) is 1.73. The SMILES string of the molecule is COc1ccc(C23C(=O)N(Nc4ccc(Cl)cc4Cl)C(=O)C2CC2C(=CCC4C(=O)N(c5cccc([N+](=O)[O-])c5)C(=O)C42)C3c2cccc(C)c2O)cc1. The van der Waals surface area contributed by atoms with Gasteiger partial charge in [-0.15, -0.1) is 0 Å².